The summed E-state index contributed by atoms with van der Waals surface area (Å²) in [6.45, 7) is 41.6. The molecule has 0 aromatic heterocycles. The van der Waals surface area contributed by atoms with E-state index in [4.69, 9.17) is 47.0 Å². The molecule has 2 heterocycles. The van der Waals surface area contributed by atoms with Crippen molar-refractivity contribution in [1.82, 2.24) is 0 Å². The zero-order valence-corrected chi connectivity index (χ0v) is 50.1. The monoisotopic (exact) mass is 1060 g/mol. The Morgan fingerprint density at radius 2 is 0.909 bits per heavy atom. The fraction of sp³-hybridized carbons (Fsp3) is 0.587. The molecule has 77 heavy (non-hydrogen) atoms. The maximum absolute atomic E-state index is 14.7. The van der Waals surface area contributed by atoms with E-state index in [0.717, 1.165) is 39.6 Å². The summed E-state index contributed by atoms with van der Waals surface area (Å²) < 4.78 is 65.1. The van der Waals surface area contributed by atoms with Crippen LogP contribution in [-0.4, -0.2) is 97.4 Å². The van der Waals surface area contributed by atoms with E-state index in [1.165, 1.54) is 0 Å². The average Bonchev–Trinajstić information content (AvgIpc) is 4.01. The molecule has 2 fully saturated rings. The second-order valence-electron chi connectivity index (χ2n) is 25.6. The van der Waals surface area contributed by atoms with Gasteiger partial charge >= 0.3 is 26.2 Å². The van der Waals surface area contributed by atoms with E-state index in [1.807, 2.05) is 126 Å². The number of hydrogen-bond donors (Lipinski definition) is 0. The normalized spacial score (nSPS) is 18.9. The topological polar surface area (TPSA) is 126 Å². The first-order chi connectivity index (χ1) is 35.7. The van der Waals surface area contributed by atoms with Crippen molar-refractivity contribution in [2.75, 3.05) is 26.4 Å². The second-order valence-corrected chi connectivity index (χ2v) is 25.6. The van der Waals surface area contributed by atoms with Crippen LogP contribution in [0, 0.1) is 0 Å². The number of carbonyl (C=O) groups is 2. The molecule has 1 unspecified atom stereocenters. The second kappa shape index (κ2) is 21.7. The van der Waals surface area contributed by atoms with Gasteiger partial charge in [-0.2, -0.15) is 0 Å². The third-order valence-corrected chi connectivity index (χ3v) is 16.8. The number of benzene rings is 4. The van der Waals surface area contributed by atoms with Crippen LogP contribution in [0.5, 0.6) is 11.5 Å². The maximum Gasteiger partial charge on any atom is 0.494 e. The summed E-state index contributed by atoms with van der Waals surface area (Å²) in [5.41, 5.74) is 1.26. The lowest BCUT2D eigenvalue weighted by Crippen LogP contribution is -2.41. The van der Waals surface area contributed by atoms with E-state index in [2.05, 4.69) is 71.0 Å². The molecular formula is C63H88B2O12. The van der Waals surface area contributed by atoms with Gasteiger partial charge in [0.05, 0.1) is 65.4 Å². The Balaban J connectivity index is 1.55. The zero-order valence-electron chi connectivity index (χ0n) is 50.1. The van der Waals surface area contributed by atoms with E-state index in [1.54, 1.807) is 13.8 Å². The molecule has 0 amide bonds. The van der Waals surface area contributed by atoms with E-state index in [0.29, 0.717) is 55.1 Å². The van der Waals surface area contributed by atoms with Crippen LogP contribution in [0.1, 0.15) is 207 Å². The van der Waals surface area contributed by atoms with Gasteiger partial charge in [-0.1, -0.05) is 62.4 Å². The highest BCUT2D eigenvalue weighted by Gasteiger charge is 2.55. The molecule has 2 saturated heterocycles. The van der Waals surface area contributed by atoms with Crippen LogP contribution in [0.15, 0.2) is 72.8 Å². The molecule has 12 nitrogen and oxygen atoms in total. The SMILES string of the molecule is CCOC(=O)c1cc(C2(c3ccc(OC(C)(CC)CCOC(C)(C)CC)c(C(=O)OCC)c3)c3cc(B4OC(C)(C)C(C)(C)O4)ccc3-c3ccc(B4OC(C)(C)C(C)(C)O4)cc32)ccc1OC(C)(C)CCOC(C)(C)C. The van der Waals surface area contributed by atoms with Crippen LogP contribution in [0.25, 0.3) is 11.1 Å². The summed E-state index contributed by atoms with van der Waals surface area (Å²) in [7, 11) is -1.43. The summed E-state index contributed by atoms with van der Waals surface area (Å²) >= 11 is 0. The molecule has 4 aromatic rings. The minimum atomic E-state index is -1.27. The molecule has 7 rings (SSSR count). The summed E-state index contributed by atoms with van der Waals surface area (Å²) in [5.74, 6) is -0.340. The van der Waals surface area contributed by atoms with Crippen molar-refractivity contribution >= 4 is 37.1 Å². The van der Waals surface area contributed by atoms with E-state index < -0.39 is 65.2 Å². The highest BCUT2D eigenvalue weighted by molar-refractivity contribution is 6.62. The molecule has 14 heteroatoms. The van der Waals surface area contributed by atoms with Crippen LogP contribution in [0.3, 0.4) is 0 Å². The molecule has 3 aliphatic rings. The molecule has 0 radical (unpaired) electrons. The molecule has 2 aliphatic heterocycles. The Morgan fingerprint density at radius 3 is 1.30 bits per heavy atom. The van der Waals surface area contributed by atoms with Crippen molar-refractivity contribution in [3.8, 4) is 22.6 Å². The Labute approximate surface area is 461 Å². The number of rotatable bonds is 21. The first kappa shape index (κ1) is 60.0. The van der Waals surface area contributed by atoms with Gasteiger partial charge in [0.1, 0.15) is 33.8 Å². The third kappa shape index (κ3) is 12.2. The molecule has 0 N–H and O–H groups in total. The Hall–Kier alpha value is -4.69. The summed E-state index contributed by atoms with van der Waals surface area (Å²) in [4.78, 5) is 29.3. The van der Waals surface area contributed by atoms with Crippen molar-refractivity contribution < 1.29 is 56.6 Å². The van der Waals surface area contributed by atoms with Crippen molar-refractivity contribution in [3.05, 3.63) is 106 Å². The van der Waals surface area contributed by atoms with Gasteiger partial charge in [-0.3, -0.25) is 0 Å². The quantitative estimate of drug-likeness (QED) is 0.0513. The highest BCUT2D eigenvalue weighted by Crippen LogP contribution is 2.57. The van der Waals surface area contributed by atoms with Crippen LogP contribution in [0.4, 0.5) is 0 Å². The van der Waals surface area contributed by atoms with Crippen LogP contribution in [-0.2, 0) is 43.0 Å². The molecule has 418 valence electrons. The van der Waals surface area contributed by atoms with Gasteiger partial charge in [-0.25, -0.2) is 9.59 Å². The van der Waals surface area contributed by atoms with Gasteiger partial charge < -0.3 is 47.0 Å². The average molecular weight is 1060 g/mol. The lowest BCUT2D eigenvalue weighted by Gasteiger charge is -2.36. The predicted octanol–water partition coefficient (Wildman–Crippen LogP) is 12.5. The number of fused-ring (bicyclic) bond motifs is 3. The summed E-state index contributed by atoms with van der Waals surface area (Å²) in [6.07, 6.45) is 2.63. The smallest absolute Gasteiger partial charge is 0.487 e. The fourth-order valence-corrected chi connectivity index (χ4v) is 10.0. The molecule has 1 atom stereocenters. The fourth-order valence-electron chi connectivity index (χ4n) is 10.0. The number of ether oxygens (including phenoxy) is 6. The number of carbonyl (C=O) groups excluding carboxylic acids is 2. The predicted molar refractivity (Wildman–Crippen MR) is 306 cm³/mol. The molecule has 0 saturated carbocycles. The Morgan fingerprint density at radius 1 is 0.494 bits per heavy atom. The minimum Gasteiger partial charge on any atom is -0.487 e. The molecule has 1 aliphatic carbocycles. The van der Waals surface area contributed by atoms with Crippen molar-refractivity contribution in [2.45, 2.75) is 214 Å². The van der Waals surface area contributed by atoms with E-state index in [9.17, 15) is 9.59 Å². The van der Waals surface area contributed by atoms with Gasteiger partial charge in [0, 0.05) is 12.8 Å². The van der Waals surface area contributed by atoms with Crippen LogP contribution < -0.4 is 20.4 Å². The van der Waals surface area contributed by atoms with Gasteiger partial charge in [0.25, 0.3) is 0 Å². The minimum absolute atomic E-state index is 0.139. The standard InChI is InChI=1S/C63H88B2O12/c1-21-56(8,9)71-36-34-62(20,22-2)73-52-32-26-42(38-48(52)54(67)69-24-4)63(41-25-31-51(47(37-41)53(66)68-23-3)72-57(10,11)33-35-70-55(5,6)7)49-39-43(64-74-58(12,13)59(14,15)75-64)27-29-45(49)46-30-28-44(40-50(46)63)65-76-60(16,17)61(18,19)77-65/h25-32,37-40H,21-24,33-36H2,1-20H3. The number of esters is 2. The van der Waals surface area contributed by atoms with E-state index >= 15 is 0 Å². The third-order valence-electron chi connectivity index (χ3n) is 16.8. The van der Waals surface area contributed by atoms with Crippen molar-refractivity contribution in [3.63, 3.8) is 0 Å². The summed E-state index contributed by atoms with van der Waals surface area (Å²) in [6, 6.07) is 24.2. The lowest BCUT2D eigenvalue weighted by molar-refractivity contribution is -0.0467. The first-order valence-corrected chi connectivity index (χ1v) is 28.0. The molecule has 4 aromatic carbocycles. The van der Waals surface area contributed by atoms with Gasteiger partial charge in [0.2, 0.25) is 0 Å². The molecule has 0 bridgehead atoms. The highest BCUT2D eigenvalue weighted by atomic mass is 16.7. The zero-order chi connectivity index (χ0) is 57.0. The summed E-state index contributed by atoms with van der Waals surface area (Å²) in [5, 5.41) is 0. The molecule has 0 spiro atoms. The number of hydrogen-bond acceptors (Lipinski definition) is 12. The van der Waals surface area contributed by atoms with E-state index in [-0.39, 0.29) is 35.5 Å². The first-order valence-electron chi connectivity index (χ1n) is 28.0. The van der Waals surface area contributed by atoms with Gasteiger partial charge in [-0.05, 0) is 206 Å². The molecular weight excluding hydrogens is 970 g/mol. The Kier molecular flexibility index (Phi) is 16.9. The largest absolute Gasteiger partial charge is 0.494 e. The maximum atomic E-state index is 14.7. The van der Waals surface area contributed by atoms with Crippen molar-refractivity contribution in [1.29, 1.82) is 0 Å². The van der Waals surface area contributed by atoms with Crippen molar-refractivity contribution in [2.24, 2.45) is 0 Å². The van der Waals surface area contributed by atoms with Gasteiger partial charge in [-0.15, -0.1) is 0 Å². The lowest BCUT2D eigenvalue weighted by atomic mass is 9.64. The van der Waals surface area contributed by atoms with Gasteiger partial charge in [0.15, 0.2) is 0 Å². The van der Waals surface area contributed by atoms with Crippen LogP contribution in [0.2, 0.25) is 0 Å². The van der Waals surface area contributed by atoms with Crippen LogP contribution >= 0.6 is 0 Å². The Bertz CT molecular complexity index is 2690.